The Labute approximate surface area is 183 Å². The van der Waals surface area contributed by atoms with Crippen LogP contribution in [-0.2, 0) is 27.3 Å². The number of benzene rings is 2. The second-order valence-corrected chi connectivity index (χ2v) is 8.86. The maximum Gasteiger partial charge on any atom is 0.227 e. The number of nitrogens with zero attached hydrogens (tertiary/aromatic N) is 1. The van der Waals surface area contributed by atoms with Gasteiger partial charge in [-0.3, -0.25) is 4.79 Å². The van der Waals surface area contributed by atoms with Gasteiger partial charge in [-0.15, -0.1) is 0 Å². The molecule has 5 rings (SSSR count). The van der Waals surface area contributed by atoms with Crippen molar-refractivity contribution in [1.82, 2.24) is 9.88 Å². The number of para-hydroxylation sites is 1. The minimum atomic E-state index is -0.142. The highest BCUT2D eigenvalue weighted by atomic mass is 16.5. The number of H-pyrrole nitrogens is 1. The van der Waals surface area contributed by atoms with Crippen LogP contribution in [0.15, 0.2) is 60.8 Å². The Bertz CT molecular complexity index is 1020. The van der Waals surface area contributed by atoms with E-state index in [2.05, 4.69) is 23.2 Å². The predicted octanol–water partition coefficient (Wildman–Crippen LogP) is 4.47. The summed E-state index contributed by atoms with van der Waals surface area (Å²) >= 11 is 0. The molecule has 1 unspecified atom stereocenters. The number of aromatic nitrogens is 1. The summed E-state index contributed by atoms with van der Waals surface area (Å²) in [6.07, 6.45) is 6.27. The molecule has 1 atom stereocenters. The quantitative estimate of drug-likeness (QED) is 0.665. The summed E-state index contributed by atoms with van der Waals surface area (Å²) in [5.74, 6) is 0.201. The van der Waals surface area contributed by atoms with Crippen LogP contribution in [0.2, 0.25) is 0 Å². The average Bonchev–Trinajstić information content (AvgIpc) is 3.22. The SMILES string of the molecule is O=C(Cc1c[nH]c2ccccc12)N1CCC2(CC1)CC(OCc1ccccc1)CCO2. The lowest BCUT2D eigenvalue weighted by molar-refractivity contribution is -0.162. The molecule has 5 heteroatoms. The highest BCUT2D eigenvalue weighted by molar-refractivity contribution is 5.88. The van der Waals surface area contributed by atoms with E-state index in [4.69, 9.17) is 9.47 Å². The van der Waals surface area contributed by atoms with E-state index in [1.807, 2.05) is 47.5 Å². The number of hydrogen-bond donors (Lipinski definition) is 1. The number of carbonyl (C=O) groups excluding carboxylic acids is 1. The van der Waals surface area contributed by atoms with Gasteiger partial charge in [0.2, 0.25) is 5.91 Å². The van der Waals surface area contributed by atoms with Crippen molar-refractivity contribution in [3.05, 3.63) is 71.9 Å². The molecule has 31 heavy (non-hydrogen) atoms. The third-order valence-corrected chi connectivity index (χ3v) is 6.82. The lowest BCUT2D eigenvalue weighted by atomic mass is 9.83. The second-order valence-electron chi connectivity index (χ2n) is 8.86. The number of likely N-dealkylation sites (tertiary alicyclic amines) is 1. The van der Waals surface area contributed by atoms with Gasteiger partial charge in [0.1, 0.15) is 0 Å². The molecule has 3 aromatic rings. The van der Waals surface area contributed by atoms with Crippen LogP contribution < -0.4 is 0 Å². The van der Waals surface area contributed by atoms with Gasteiger partial charge in [-0.05, 0) is 36.5 Å². The van der Waals surface area contributed by atoms with Crippen LogP contribution in [0.25, 0.3) is 10.9 Å². The molecule has 5 nitrogen and oxygen atoms in total. The zero-order valence-corrected chi connectivity index (χ0v) is 17.9. The molecule has 2 aromatic carbocycles. The highest BCUT2D eigenvalue weighted by Gasteiger charge is 2.41. The predicted molar refractivity (Wildman–Crippen MR) is 121 cm³/mol. The van der Waals surface area contributed by atoms with E-state index in [1.165, 1.54) is 5.56 Å². The molecule has 162 valence electrons. The van der Waals surface area contributed by atoms with Gasteiger partial charge in [0.25, 0.3) is 0 Å². The highest BCUT2D eigenvalue weighted by Crippen LogP contribution is 2.36. The number of carbonyl (C=O) groups is 1. The van der Waals surface area contributed by atoms with Crippen LogP contribution in [0.5, 0.6) is 0 Å². The van der Waals surface area contributed by atoms with Crippen molar-refractivity contribution in [2.45, 2.75) is 50.4 Å². The maximum absolute atomic E-state index is 13.0. The number of aromatic amines is 1. The van der Waals surface area contributed by atoms with Gasteiger partial charge < -0.3 is 19.4 Å². The number of hydrogen-bond acceptors (Lipinski definition) is 3. The molecule has 2 fully saturated rings. The van der Waals surface area contributed by atoms with Crippen LogP contribution in [0.3, 0.4) is 0 Å². The van der Waals surface area contributed by atoms with E-state index in [0.29, 0.717) is 13.0 Å². The smallest absolute Gasteiger partial charge is 0.227 e. The molecule has 0 aliphatic carbocycles. The summed E-state index contributed by atoms with van der Waals surface area (Å²) in [7, 11) is 0. The molecule has 1 amide bonds. The Morgan fingerprint density at radius 3 is 2.71 bits per heavy atom. The number of fused-ring (bicyclic) bond motifs is 1. The molecule has 1 N–H and O–H groups in total. The van der Waals surface area contributed by atoms with Crippen molar-refractivity contribution in [3.63, 3.8) is 0 Å². The van der Waals surface area contributed by atoms with Crippen molar-refractivity contribution in [2.75, 3.05) is 19.7 Å². The number of nitrogens with one attached hydrogen (secondary N) is 1. The molecule has 1 aromatic heterocycles. The first kappa shape index (κ1) is 20.3. The Hall–Kier alpha value is -2.63. The van der Waals surface area contributed by atoms with E-state index < -0.39 is 0 Å². The Kier molecular flexibility index (Phi) is 5.79. The fourth-order valence-electron chi connectivity index (χ4n) is 4.98. The van der Waals surface area contributed by atoms with Gasteiger partial charge in [-0.2, -0.15) is 0 Å². The topological polar surface area (TPSA) is 54.6 Å². The van der Waals surface area contributed by atoms with Gasteiger partial charge in [0.05, 0.1) is 24.7 Å². The third kappa shape index (κ3) is 4.53. The Morgan fingerprint density at radius 1 is 1.10 bits per heavy atom. The fourth-order valence-corrected chi connectivity index (χ4v) is 4.98. The van der Waals surface area contributed by atoms with Crippen LogP contribution >= 0.6 is 0 Å². The molecule has 2 aliphatic heterocycles. The lowest BCUT2D eigenvalue weighted by Gasteiger charge is -2.46. The molecule has 2 aliphatic rings. The Balaban J connectivity index is 1.15. The number of rotatable bonds is 5. The van der Waals surface area contributed by atoms with E-state index in [1.54, 1.807) is 0 Å². The number of piperidine rings is 1. The van der Waals surface area contributed by atoms with E-state index >= 15 is 0 Å². The first-order valence-corrected chi connectivity index (χ1v) is 11.3. The molecular formula is C26H30N2O3. The van der Waals surface area contributed by atoms with Gasteiger partial charge in [0.15, 0.2) is 0 Å². The van der Waals surface area contributed by atoms with Crippen molar-refractivity contribution < 1.29 is 14.3 Å². The minimum Gasteiger partial charge on any atom is -0.375 e. The van der Waals surface area contributed by atoms with Crippen molar-refractivity contribution in [3.8, 4) is 0 Å². The minimum absolute atomic E-state index is 0.142. The first-order valence-electron chi connectivity index (χ1n) is 11.3. The van der Waals surface area contributed by atoms with Gasteiger partial charge >= 0.3 is 0 Å². The zero-order valence-electron chi connectivity index (χ0n) is 17.9. The first-order chi connectivity index (χ1) is 15.2. The average molecular weight is 419 g/mol. The summed E-state index contributed by atoms with van der Waals surface area (Å²) in [5, 5.41) is 1.14. The van der Waals surface area contributed by atoms with Crippen molar-refractivity contribution in [1.29, 1.82) is 0 Å². The molecule has 1 spiro atoms. The maximum atomic E-state index is 13.0. The summed E-state index contributed by atoms with van der Waals surface area (Å²) in [5.41, 5.74) is 3.22. The molecule has 0 saturated carbocycles. The van der Waals surface area contributed by atoms with Gasteiger partial charge in [-0.25, -0.2) is 0 Å². The van der Waals surface area contributed by atoms with Crippen LogP contribution in [0, 0.1) is 0 Å². The summed E-state index contributed by atoms with van der Waals surface area (Å²) in [6.45, 7) is 2.90. The molecule has 2 saturated heterocycles. The van der Waals surface area contributed by atoms with E-state index in [-0.39, 0.29) is 17.6 Å². The molecule has 0 radical (unpaired) electrons. The standard InChI is InChI=1S/C26H30N2O3/c29-25(16-21-18-27-24-9-5-4-8-23(21)24)28-13-11-26(12-14-28)17-22(10-15-31-26)30-19-20-6-2-1-3-7-20/h1-9,18,22,27H,10-17,19H2. The summed E-state index contributed by atoms with van der Waals surface area (Å²) < 4.78 is 12.5. The van der Waals surface area contributed by atoms with Gasteiger partial charge in [0, 0.05) is 43.2 Å². The zero-order chi connectivity index (χ0) is 21.1. The van der Waals surface area contributed by atoms with Crippen molar-refractivity contribution in [2.24, 2.45) is 0 Å². The fraction of sp³-hybridized carbons (Fsp3) is 0.423. The molecule has 3 heterocycles. The third-order valence-electron chi connectivity index (χ3n) is 6.82. The van der Waals surface area contributed by atoms with Gasteiger partial charge in [-0.1, -0.05) is 48.5 Å². The second kappa shape index (κ2) is 8.85. The number of ether oxygens (including phenoxy) is 2. The molecular weight excluding hydrogens is 388 g/mol. The van der Waals surface area contributed by atoms with E-state index in [0.717, 1.165) is 61.8 Å². The monoisotopic (exact) mass is 418 g/mol. The largest absolute Gasteiger partial charge is 0.375 e. The van der Waals surface area contributed by atoms with E-state index in [9.17, 15) is 4.79 Å². The Morgan fingerprint density at radius 2 is 1.87 bits per heavy atom. The van der Waals surface area contributed by atoms with Crippen LogP contribution in [0.1, 0.15) is 36.8 Å². The molecule has 0 bridgehead atoms. The van der Waals surface area contributed by atoms with Crippen molar-refractivity contribution >= 4 is 16.8 Å². The lowest BCUT2D eigenvalue weighted by Crippen LogP contribution is -2.52. The van der Waals surface area contributed by atoms with Crippen LogP contribution in [0.4, 0.5) is 0 Å². The summed E-state index contributed by atoms with van der Waals surface area (Å²) in [4.78, 5) is 18.2. The normalized spacial score (nSPS) is 20.9. The summed E-state index contributed by atoms with van der Waals surface area (Å²) in [6, 6.07) is 18.5. The van der Waals surface area contributed by atoms with Crippen LogP contribution in [-0.4, -0.2) is 47.2 Å². The number of amides is 1.